The summed E-state index contributed by atoms with van der Waals surface area (Å²) in [4.78, 5) is 4.42. The van der Waals surface area contributed by atoms with Gasteiger partial charge in [-0.2, -0.15) is 0 Å². The van der Waals surface area contributed by atoms with Crippen LogP contribution in [0.1, 0.15) is 11.1 Å². The highest BCUT2D eigenvalue weighted by molar-refractivity contribution is 6.11. The Kier molecular flexibility index (Phi) is 4.98. The van der Waals surface area contributed by atoms with Crippen LogP contribution in [0.2, 0.25) is 0 Å². The number of phenols is 1. The maximum atomic E-state index is 13.2. The number of rotatable bonds is 6. The van der Waals surface area contributed by atoms with Crippen molar-refractivity contribution in [3.63, 3.8) is 0 Å². The zero-order valence-electron chi connectivity index (χ0n) is 16.1. The predicted molar refractivity (Wildman–Crippen MR) is 108 cm³/mol. The molecule has 4 aromatic rings. The van der Waals surface area contributed by atoms with Crippen molar-refractivity contribution in [2.24, 2.45) is 0 Å². The number of fused-ring (bicyclic) bond motifs is 2. The van der Waals surface area contributed by atoms with E-state index in [9.17, 15) is 14.6 Å². The fourth-order valence-electron chi connectivity index (χ4n) is 3.60. The molecule has 7 heteroatoms. The monoisotopic (exact) mass is 396 g/mol. The molecule has 0 aliphatic rings. The Labute approximate surface area is 166 Å². The number of halogens is 1. The highest BCUT2D eigenvalue weighted by Gasteiger charge is 2.22. The van der Waals surface area contributed by atoms with Crippen LogP contribution in [0.5, 0.6) is 17.4 Å². The van der Waals surface area contributed by atoms with Crippen molar-refractivity contribution >= 4 is 21.7 Å². The van der Waals surface area contributed by atoms with E-state index in [0.717, 1.165) is 11.1 Å². The van der Waals surface area contributed by atoms with Gasteiger partial charge in [-0.05, 0) is 35.7 Å². The Hall–Kier alpha value is -3.32. The van der Waals surface area contributed by atoms with Crippen molar-refractivity contribution < 1.29 is 24.1 Å². The Bertz CT molecular complexity index is 1190. The first-order chi connectivity index (χ1) is 14.0. The lowest BCUT2D eigenvalue weighted by atomic mass is 10.0. The molecule has 2 heterocycles. The number of methoxy groups -OCH3 is 2. The van der Waals surface area contributed by atoms with Gasteiger partial charge in [0.15, 0.2) is 5.75 Å². The molecule has 150 valence electrons. The van der Waals surface area contributed by atoms with Crippen LogP contribution in [0.15, 0.2) is 42.7 Å². The Morgan fingerprint density at radius 1 is 1.07 bits per heavy atom. The van der Waals surface area contributed by atoms with E-state index in [2.05, 4.69) is 4.98 Å². The topological polar surface area (TPSA) is 76.7 Å². The Morgan fingerprint density at radius 3 is 2.52 bits per heavy atom. The summed E-state index contributed by atoms with van der Waals surface area (Å²) in [7, 11) is 3.13. The summed E-state index contributed by atoms with van der Waals surface area (Å²) < 4.78 is 25.5. The predicted octanol–water partition coefficient (Wildman–Crippen LogP) is 3.99. The third-order valence-electron chi connectivity index (χ3n) is 5.01. The maximum Gasteiger partial charge on any atom is 0.203 e. The molecule has 0 fully saturated rings. The normalized spacial score (nSPS) is 11.4. The molecule has 2 aromatic carbocycles. The van der Waals surface area contributed by atoms with Gasteiger partial charge in [0.25, 0.3) is 0 Å². The van der Waals surface area contributed by atoms with E-state index in [1.165, 1.54) is 12.1 Å². The number of aromatic hydroxyl groups is 2. The molecule has 0 saturated carbocycles. The standard InChI is InChI=1S/C22H21FN2O4/c1-28-8-7-25-12-17-18(22(25)27)20(26)19-16(21(17)29-2)10-14(11-24-19)9-13-3-5-15(23)6-4-13/h3-6,10-12,26-27H,7-9H2,1-2H3. The van der Waals surface area contributed by atoms with E-state index >= 15 is 0 Å². The first-order valence-electron chi connectivity index (χ1n) is 9.16. The zero-order valence-corrected chi connectivity index (χ0v) is 16.1. The molecule has 0 unspecified atom stereocenters. The third-order valence-corrected chi connectivity index (χ3v) is 5.01. The lowest BCUT2D eigenvalue weighted by Crippen LogP contribution is -2.01. The lowest BCUT2D eigenvalue weighted by Gasteiger charge is -2.11. The molecular weight excluding hydrogens is 375 g/mol. The quantitative estimate of drug-likeness (QED) is 0.515. The first-order valence-corrected chi connectivity index (χ1v) is 9.16. The van der Waals surface area contributed by atoms with Crippen LogP contribution in [0.4, 0.5) is 4.39 Å². The van der Waals surface area contributed by atoms with E-state index < -0.39 is 0 Å². The summed E-state index contributed by atoms with van der Waals surface area (Å²) in [6.07, 6.45) is 3.95. The average molecular weight is 396 g/mol. The fraction of sp³-hybridized carbons (Fsp3) is 0.227. The number of hydrogen-bond donors (Lipinski definition) is 2. The molecule has 29 heavy (non-hydrogen) atoms. The second-order valence-electron chi connectivity index (χ2n) is 6.85. The van der Waals surface area contributed by atoms with E-state index in [0.29, 0.717) is 47.0 Å². The van der Waals surface area contributed by atoms with Crippen LogP contribution in [-0.2, 0) is 17.7 Å². The SMILES string of the molecule is COCCn1cc2c(OC)c3cc(Cc4ccc(F)cc4)cnc3c(O)c2c1O. The van der Waals surface area contributed by atoms with Gasteiger partial charge in [-0.15, -0.1) is 0 Å². The zero-order chi connectivity index (χ0) is 20.5. The summed E-state index contributed by atoms with van der Waals surface area (Å²) in [5.41, 5.74) is 2.18. The minimum atomic E-state index is -0.280. The van der Waals surface area contributed by atoms with Crippen molar-refractivity contribution in [1.29, 1.82) is 0 Å². The van der Waals surface area contributed by atoms with E-state index in [-0.39, 0.29) is 17.4 Å². The van der Waals surface area contributed by atoms with E-state index in [1.54, 1.807) is 43.3 Å². The molecule has 0 spiro atoms. The smallest absolute Gasteiger partial charge is 0.203 e. The molecular formula is C22H21FN2O4. The van der Waals surface area contributed by atoms with E-state index in [4.69, 9.17) is 9.47 Å². The summed E-state index contributed by atoms with van der Waals surface area (Å²) in [5.74, 6) is 0.0784. The molecule has 2 aromatic heterocycles. The number of aromatic nitrogens is 2. The van der Waals surface area contributed by atoms with Gasteiger partial charge in [0.1, 0.15) is 17.1 Å². The first kappa shape index (κ1) is 19.0. The molecule has 0 aliphatic carbocycles. The molecule has 0 saturated heterocycles. The number of pyridine rings is 1. The molecule has 2 N–H and O–H groups in total. The van der Waals surface area contributed by atoms with Gasteiger partial charge < -0.3 is 24.3 Å². The molecule has 0 atom stereocenters. The van der Waals surface area contributed by atoms with Gasteiger partial charge in [0.05, 0.1) is 19.1 Å². The van der Waals surface area contributed by atoms with Crippen LogP contribution in [0, 0.1) is 5.82 Å². The highest BCUT2D eigenvalue weighted by Crippen LogP contribution is 2.46. The Morgan fingerprint density at radius 2 is 1.83 bits per heavy atom. The van der Waals surface area contributed by atoms with Crippen molar-refractivity contribution in [2.45, 2.75) is 13.0 Å². The minimum absolute atomic E-state index is 0.0630. The fourth-order valence-corrected chi connectivity index (χ4v) is 3.60. The van der Waals surface area contributed by atoms with Crippen LogP contribution >= 0.6 is 0 Å². The lowest BCUT2D eigenvalue weighted by molar-refractivity contribution is 0.184. The van der Waals surface area contributed by atoms with Gasteiger partial charge in [0.2, 0.25) is 5.88 Å². The van der Waals surface area contributed by atoms with Gasteiger partial charge >= 0.3 is 0 Å². The van der Waals surface area contributed by atoms with E-state index in [1.807, 2.05) is 6.07 Å². The van der Waals surface area contributed by atoms with Gasteiger partial charge in [-0.25, -0.2) is 4.39 Å². The number of ether oxygens (including phenoxy) is 2. The second-order valence-corrected chi connectivity index (χ2v) is 6.85. The van der Waals surface area contributed by atoms with Gasteiger partial charge in [0, 0.05) is 36.8 Å². The van der Waals surface area contributed by atoms with Crippen LogP contribution in [0.3, 0.4) is 0 Å². The van der Waals surface area contributed by atoms with Crippen molar-refractivity contribution in [2.75, 3.05) is 20.8 Å². The highest BCUT2D eigenvalue weighted by atomic mass is 19.1. The molecule has 0 amide bonds. The number of benzene rings is 2. The summed E-state index contributed by atoms with van der Waals surface area (Å²) in [6, 6.07) is 8.19. The average Bonchev–Trinajstić information content (AvgIpc) is 3.05. The largest absolute Gasteiger partial charge is 0.505 e. The van der Waals surface area contributed by atoms with Crippen LogP contribution in [0.25, 0.3) is 21.7 Å². The number of phenolic OH excluding ortho intramolecular Hbond substituents is 1. The summed E-state index contributed by atoms with van der Waals surface area (Å²) in [6.45, 7) is 0.844. The second kappa shape index (κ2) is 7.60. The molecule has 0 radical (unpaired) electrons. The van der Waals surface area contributed by atoms with Crippen molar-refractivity contribution in [3.8, 4) is 17.4 Å². The molecule has 0 aliphatic heterocycles. The summed E-state index contributed by atoms with van der Waals surface area (Å²) in [5, 5.41) is 22.9. The minimum Gasteiger partial charge on any atom is -0.505 e. The van der Waals surface area contributed by atoms with Crippen molar-refractivity contribution in [1.82, 2.24) is 9.55 Å². The Balaban J connectivity index is 1.87. The number of nitrogens with zero attached hydrogens (tertiary/aromatic N) is 2. The van der Waals surface area contributed by atoms with Crippen LogP contribution < -0.4 is 4.74 Å². The van der Waals surface area contributed by atoms with Gasteiger partial charge in [-0.1, -0.05) is 12.1 Å². The summed E-state index contributed by atoms with van der Waals surface area (Å²) >= 11 is 0. The molecule has 4 rings (SSSR count). The third kappa shape index (κ3) is 3.34. The number of hydrogen-bond acceptors (Lipinski definition) is 5. The maximum absolute atomic E-state index is 13.2. The van der Waals surface area contributed by atoms with Crippen molar-refractivity contribution in [3.05, 3.63) is 59.7 Å². The molecule has 0 bridgehead atoms. The van der Waals surface area contributed by atoms with Crippen LogP contribution in [-0.4, -0.2) is 40.6 Å². The molecule has 6 nitrogen and oxygen atoms in total. The van der Waals surface area contributed by atoms with Gasteiger partial charge in [-0.3, -0.25) is 4.98 Å².